The summed E-state index contributed by atoms with van der Waals surface area (Å²) in [5.41, 5.74) is 8.61. The van der Waals surface area contributed by atoms with E-state index in [2.05, 4.69) is 47.8 Å². The minimum atomic E-state index is -0.344. The zero-order valence-electron chi connectivity index (χ0n) is 17.8. The molecule has 5 rings (SSSR count). The van der Waals surface area contributed by atoms with Crippen LogP contribution >= 0.6 is 0 Å². The first-order valence-electron chi connectivity index (χ1n) is 10.9. The van der Waals surface area contributed by atoms with Crippen LogP contribution in [-0.2, 0) is 5.54 Å². The highest BCUT2D eigenvalue weighted by Gasteiger charge is 2.46. The average Bonchev–Trinajstić information content (AvgIpc) is 3.53. The van der Waals surface area contributed by atoms with Gasteiger partial charge in [0.2, 0.25) is 0 Å². The maximum Gasteiger partial charge on any atom is 0.200 e. The van der Waals surface area contributed by atoms with Crippen molar-refractivity contribution < 1.29 is 0 Å². The van der Waals surface area contributed by atoms with Gasteiger partial charge in [0.15, 0.2) is 11.8 Å². The molecular formula is C22H26N10. The number of nitrogens with one attached hydrogen (secondary N) is 2. The molecule has 0 aromatic carbocycles. The Morgan fingerprint density at radius 2 is 2.19 bits per heavy atom. The van der Waals surface area contributed by atoms with Gasteiger partial charge in [0.25, 0.3) is 0 Å². The number of hydrogen-bond acceptors (Lipinski definition) is 6. The maximum absolute atomic E-state index is 9.52. The minimum absolute atomic E-state index is 0.225. The van der Waals surface area contributed by atoms with E-state index < -0.39 is 0 Å². The fourth-order valence-electron chi connectivity index (χ4n) is 4.72. The van der Waals surface area contributed by atoms with Crippen LogP contribution in [0.3, 0.4) is 0 Å². The van der Waals surface area contributed by atoms with Crippen LogP contribution in [-0.4, -0.2) is 44.0 Å². The number of nitrogens with zero attached hydrogens (tertiary/aromatic N) is 7. The Balaban J connectivity index is 1.35. The molecule has 164 valence electrons. The summed E-state index contributed by atoms with van der Waals surface area (Å²) < 4.78 is 2.01. The second kappa shape index (κ2) is 8.34. The first-order chi connectivity index (χ1) is 15.7. The lowest BCUT2D eigenvalue weighted by Gasteiger charge is -2.50. The van der Waals surface area contributed by atoms with Gasteiger partial charge in [0, 0.05) is 31.7 Å². The third-order valence-corrected chi connectivity index (χ3v) is 6.40. The smallest absolute Gasteiger partial charge is 0.200 e. The molecule has 0 unspecified atom stereocenters. The Kier molecular flexibility index (Phi) is 5.23. The van der Waals surface area contributed by atoms with Crippen LogP contribution in [0.4, 0.5) is 17.2 Å². The van der Waals surface area contributed by atoms with Gasteiger partial charge in [-0.05, 0) is 36.5 Å². The topological polar surface area (TPSA) is 137 Å². The number of aromatic amines is 1. The molecule has 1 saturated carbocycles. The van der Waals surface area contributed by atoms with E-state index in [0.717, 1.165) is 11.4 Å². The van der Waals surface area contributed by atoms with Crippen molar-refractivity contribution in [2.75, 3.05) is 23.3 Å². The van der Waals surface area contributed by atoms with E-state index in [1.807, 2.05) is 23.0 Å². The number of guanidine groups is 1. The van der Waals surface area contributed by atoms with Gasteiger partial charge in [-0.3, -0.25) is 9.78 Å². The van der Waals surface area contributed by atoms with E-state index in [0.29, 0.717) is 31.2 Å². The van der Waals surface area contributed by atoms with Crippen LogP contribution in [0.15, 0.2) is 48.1 Å². The summed E-state index contributed by atoms with van der Waals surface area (Å²) in [6, 6.07) is 6.21. The van der Waals surface area contributed by atoms with Crippen LogP contribution in [0.1, 0.15) is 43.6 Å². The molecule has 3 aromatic heterocycles. The number of pyridine rings is 1. The molecule has 3 aromatic rings. The Labute approximate surface area is 186 Å². The minimum Gasteiger partial charge on any atom is -0.369 e. The SMILES string of the molecule is N#CCC1(n2cc(C3CCCC3)cn2)CN(c2cccnc2N=C(N)Nc2cn[nH]c2)C1. The zero-order valence-corrected chi connectivity index (χ0v) is 17.8. The zero-order chi connectivity index (χ0) is 22.0. The van der Waals surface area contributed by atoms with Gasteiger partial charge < -0.3 is 16.0 Å². The van der Waals surface area contributed by atoms with Crippen LogP contribution in [0.5, 0.6) is 0 Å². The van der Waals surface area contributed by atoms with Gasteiger partial charge in [-0.2, -0.15) is 20.5 Å². The predicted octanol–water partition coefficient (Wildman–Crippen LogP) is 2.85. The van der Waals surface area contributed by atoms with Gasteiger partial charge >= 0.3 is 0 Å². The van der Waals surface area contributed by atoms with Crippen molar-refractivity contribution in [1.82, 2.24) is 25.0 Å². The molecule has 4 heterocycles. The summed E-state index contributed by atoms with van der Waals surface area (Å²) in [6.45, 7) is 1.32. The number of nitrogens with two attached hydrogens (primary N) is 1. The third-order valence-electron chi connectivity index (χ3n) is 6.40. The van der Waals surface area contributed by atoms with Crippen LogP contribution in [0.2, 0.25) is 0 Å². The van der Waals surface area contributed by atoms with E-state index in [1.165, 1.54) is 31.2 Å². The molecule has 32 heavy (non-hydrogen) atoms. The maximum atomic E-state index is 9.52. The number of aliphatic imine (C=N–C) groups is 1. The van der Waals surface area contributed by atoms with Crippen molar-refractivity contribution >= 4 is 23.2 Å². The van der Waals surface area contributed by atoms with Crippen molar-refractivity contribution in [2.45, 2.75) is 43.6 Å². The van der Waals surface area contributed by atoms with Gasteiger partial charge in [0.1, 0.15) is 5.54 Å². The number of hydrogen-bond donors (Lipinski definition) is 3. The molecule has 2 aliphatic rings. The highest BCUT2D eigenvalue weighted by atomic mass is 15.4. The largest absolute Gasteiger partial charge is 0.369 e. The summed E-state index contributed by atoms with van der Waals surface area (Å²) in [5, 5.41) is 23.8. The van der Waals surface area contributed by atoms with Crippen LogP contribution in [0.25, 0.3) is 0 Å². The second-order valence-corrected chi connectivity index (χ2v) is 8.57. The normalized spacial score (nSPS) is 18.3. The first kappa shape index (κ1) is 20.1. The standard InChI is InChI=1S/C22H26N10/c23-8-7-22(32-13-17(10-28-32)16-4-1-2-5-16)14-31(15-22)19-6-3-9-25-20(19)30-21(24)29-18-11-26-27-12-18/h3,6,9-13,16H,1-2,4-5,7,14-15H2,(H,26,27)(H3,24,25,29,30). The predicted molar refractivity (Wildman–Crippen MR) is 122 cm³/mol. The van der Waals surface area contributed by atoms with Crippen molar-refractivity contribution in [1.29, 1.82) is 5.26 Å². The Morgan fingerprint density at radius 1 is 1.34 bits per heavy atom. The van der Waals surface area contributed by atoms with Gasteiger partial charge in [-0.1, -0.05) is 12.8 Å². The molecule has 4 N–H and O–H groups in total. The molecule has 1 saturated heterocycles. The monoisotopic (exact) mass is 430 g/mol. The summed E-state index contributed by atoms with van der Waals surface area (Å²) >= 11 is 0. The van der Waals surface area contributed by atoms with E-state index in [4.69, 9.17) is 5.73 Å². The number of H-pyrrole nitrogens is 1. The van der Waals surface area contributed by atoms with Crippen LogP contribution in [0, 0.1) is 11.3 Å². The fraction of sp³-hybridized carbons (Fsp3) is 0.409. The lowest BCUT2D eigenvalue weighted by molar-refractivity contribution is 0.198. The van der Waals surface area contributed by atoms with Crippen molar-refractivity contribution in [3.8, 4) is 6.07 Å². The number of nitriles is 1. The van der Waals surface area contributed by atoms with Gasteiger partial charge in [0.05, 0.1) is 36.3 Å². The summed E-state index contributed by atoms with van der Waals surface area (Å²) in [7, 11) is 0. The van der Waals surface area contributed by atoms with Gasteiger partial charge in [-0.25, -0.2) is 4.98 Å². The Bertz CT molecular complexity index is 1130. The molecule has 2 fully saturated rings. The number of anilines is 2. The molecule has 10 nitrogen and oxygen atoms in total. The molecule has 0 bridgehead atoms. The van der Waals surface area contributed by atoms with Crippen molar-refractivity contribution in [3.05, 3.63) is 48.7 Å². The van der Waals surface area contributed by atoms with E-state index in [-0.39, 0.29) is 11.5 Å². The molecule has 10 heteroatoms. The van der Waals surface area contributed by atoms with Gasteiger partial charge in [-0.15, -0.1) is 0 Å². The summed E-state index contributed by atoms with van der Waals surface area (Å²) in [5.74, 6) is 1.35. The van der Waals surface area contributed by atoms with E-state index >= 15 is 0 Å². The second-order valence-electron chi connectivity index (χ2n) is 8.57. The molecule has 0 amide bonds. The first-order valence-corrected chi connectivity index (χ1v) is 10.9. The van der Waals surface area contributed by atoms with Crippen molar-refractivity contribution in [2.24, 2.45) is 10.7 Å². The molecule has 1 aliphatic carbocycles. The van der Waals surface area contributed by atoms with Crippen molar-refractivity contribution in [3.63, 3.8) is 0 Å². The molecule has 0 spiro atoms. The highest BCUT2D eigenvalue weighted by molar-refractivity contribution is 5.94. The Morgan fingerprint density at radius 3 is 2.94 bits per heavy atom. The third kappa shape index (κ3) is 3.77. The number of rotatable bonds is 6. The quantitative estimate of drug-likeness (QED) is 0.404. The highest BCUT2D eigenvalue weighted by Crippen LogP contribution is 2.40. The summed E-state index contributed by atoms with van der Waals surface area (Å²) in [4.78, 5) is 11.0. The average molecular weight is 431 g/mol. The number of aromatic nitrogens is 5. The Hall–Kier alpha value is -3.87. The molecule has 0 radical (unpaired) electrons. The van der Waals surface area contributed by atoms with Crippen LogP contribution < -0.4 is 16.0 Å². The lowest BCUT2D eigenvalue weighted by Crippen LogP contribution is -2.63. The van der Waals surface area contributed by atoms with E-state index in [1.54, 1.807) is 18.6 Å². The lowest BCUT2D eigenvalue weighted by atomic mass is 9.86. The van der Waals surface area contributed by atoms with E-state index in [9.17, 15) is 5.26 Å². The fourth-order valence-corrected chi connectivity index (χ4v) is 4.72. The molecular weight excluding hydrogens is 404 g/mol. The molecule has 0 atom stereocenters. The summed E-state index contributed by atoms with van der Waals surface area (Å²) in [6.07, 6.45) is 14.6. The molecule has 1 aliphatic heterocycles.